The molecule has 12 heteroatoms. The van der Waals surface area contributed by atoms with Crippen LogP contribution in [0, 0.1) is 5.82 Å². The summed E-state index contributed by atoms with van der Waals surface area (Å²) >= 11 is 5.73. The Hall–Kier alpha value is -2.40. The molecule has 1 aromatic carbocycles. The molecule has 0 unspecified atom stereocenters. The lowest BCUT2D eigenvalue weighted by molar-refractivity contribution is -0.154. The largest absolute Gasteiger partial charge is 0.467 e. The molecule has 0 aliphatic carbocycles. The van der Waals surface area contributed by atoms with Gasteiger partial charge in [0.1, 0.15) is 10.8 Å². The number of halogens is 5. The monoisotopic (exact) mass is 426 g/mol. The highest BCUT2D eigenvalue weighted by molar-refractivity contribution is 7.90. The second kappa shape index (κ2) is 7.69. The van der Waals surface area contributed by atoms with Gasteiger partial charge in [-0.1, -0.05) is 11.6 Å². The Bertz CT molecular complexity index is 980. The van der Waals surface area contributed by atoms with Crippen LogP contribution in [-0.4, -0.2) is 38.3 Å². The first kappa shape index (κ1) is 20.9. The molecular weight excluding hydrogens is 416 g/mol. The van der Waals surface area contributed by atoms with Crippen LogP contribution in [0.25, 0.3) is 0 Å². The summed E-state index contributed by atoms with van der Waals surface area (Å²) in [6.07, 6.45) is -2.80. The fraction of sp³-hybridized carbons (Fsp3) is 0.200. The van der Waals surface area contributed by atoms with Crippen molar-refractivity contribution in [2.45, 2.75) is 11.1 Å². The summed E-state index contributed by atoms with van der Waals surface area (Å²) in [4.78, 5) is 15.5. The number of rotatable bonds is 5. The molecule has 0 atom stereocenters. The van der Waals surface area contributed by atoms with Gasteiger partial charge >= 0.3 is 6.18 Å². The van der Waals surface area contributed by atoms with E-state index in [4.69, 9.17) is 11.6 Å². The van der Waals surface area contributed by atoms with Crippen LogP contribution in [0.4, 0.5) is 23.2 Å². The SMILES string of the molecule is CS(=O)(=O)c1ccc(F)c(NC(=O)c2cnc(OCC(F)(F)F)c(Cl)c2)c1. The lowest BCUT2D eigenvalue weighted by atomic mass is 10.2. The standard InChI is InChI=1S/C15H11ClF4N2O4S/c1-27(24,25)9-2-3-11(17)12(5-9)22-13(23)8-4-10(16)14(21-6-8)26-7-15(18,19)20/h2-6H,7H2,1H3,(H,22,23). The van der Waals surface area contributed by atoms with Gasteiger partial charge in [0, 0.05) is 12.5 Å². The van der Waals surface area contributed by atoms with Crippen molar-refractivity contribution in [1.29, 1.82) is 0 Å². The van der Waals surface area contributed by atoms with E-state index in [1.54, 1.807) is 0 Å². The van der Waals surface area contributed by atoms with Crippen molar-refractivity contribution in [2.24, 2.45) is 0 Å². The van der Waals surface area contributed by atoms with Gasteiger partial charge in [-0.25, -0.2) is 17.8 Å². The van der Waals surface area contributed by atoms with Gasteiger partial charge in [-0.2, -0.15) is 13.2 Å². The lowest BCUT2D eigenvalue weighted by Gasteiger charge is -2.11. The van der Waals surface area contributed by atoms with Gasteiger partial charge in [0.15, 0.2) is 16.4 Å². The maximum Gasteiger partial charge on any atom is 0.422 e. The van der Waals surface area contributed by atoms with Crippen molar-refractivity contribution in [3.63, 3.8) is 0 Å². The van der Waals surface area contributed by atoms with E-state index in [1.807, 2.05) is 0 Å². The van der Waals surface area contributed by atoms with Gasteiger partial charge in [0.2, 0.25) is 5.88 Å². The van der Waals surface area contributed by atoms with Crippen molar-refractivity contribution in [1.82, 2.24) is 4.98 Å². The molecule has 27 heavy (non-hydrogen) atoms. The molecule has 1 aromatic heterocycles. The van der Waals surface area contributed by atoms with E-state index in [1.165, 1.54) is 0 Å². The molecule has 0 fully saturated rings. The summed E-state index contributed by atoms with van der Waals surface area (Å²) in [5.74, 6) is -2.33. The number of anilines is 1. The zero-order valence-corrected chi connectivity index (χ0v) is 15.0. The molecule has 0 aliphatic heterocycles. The zero-order chi connectivity index (χ0) is 20.4. The number of ether oxygens (including phenoxy) is 1. The van der Waals surface area contributed by atoms with E-state index >= 15 is 0 Å². The molecule has 1 heterocycles. The minimum Gasteiger partial charge on any atom is -0.467 e. The van der Waals surface area contributed by atoms with E-state index in [0.29, 0.717) is 0 Å². The smallest absolute Gasteiger partial charge is 0.422 e. The van der Waals surface area contributed by atoms with E-state index in [9.17, 15) is 30.8 Å². The summed E-state index contributed by atoms with van der Waals surface area (Å²) in [7, 11) is -3.63. The third-order valence-corrected chi connectivity index (χ3v) is 4.44. The summed E-state index contributed by atoms with van der Waals surface area (Å²) < 4.78 is 77.6. The van der Waals surface area contributed by atoms with E-state index < -0.39 is 45.9 Å². The number of pyridine rings is 1. The first-order valence-electron chi connectivity index (χ1n) is 7.03. The number of hydrogen-bond acceptors (Lipinski definition) is 5. The van der Waals surface area contributed by atoms with E-state index in [0.717, 1.165) is 36.7 Å². The minimum atomic E-state index is -4.59. The van der Waals surface area contributed by atoms with Crippen LogP contribution in [-0.2, 0) is 9.84 Å². The fourth-order valence-electron chi connectivity index (χ4n) is 1.83. The van der Waals surface area contributed by atoms with Crippen molar-refractivity contribution in [3.05, 3.63) is 46.9 Å². The van der Waals surface area contributed by atoms with Crippen LogP contribution in [0.2, 0.25) is 5.02 Å². The molecule has 0 saturated carbocycles. The molecule has 2 rings (SSSR count). The maximum atomic E-state index is 13.8. The second-order valence-electron chi connectivity index (χ2n) is 5.28. The number of nitrogens with one attached hydrogen (secondary N) is 1. The van der Waals surface area contributed by atoms with Crippen LogP contribution >= 0.6 is 11.6 Å². The first-order valence-corrected chi connectivity index (χ1v) is 9.30. The van der Waals surface area contributed by atoms with Gasteiger partial charge < -0.3 is 10.1 Å². The van der Waals surface area contributed by atoms with Crippen LogP contribution in [0.1, 0.15) is 10.4 Å². The van der Waals surface area contributed by atoms with E-state index in [2.05, 4.69) is 15.0 Å². The van der Waals surface area contributed by atoms with Crippen molar-refractivity contribution >= 4 is 33.0 Å². The Morgan fingerprint density at radius 2 is 1.96 bits per heavy atom. The summed E-state index contributed by atoms with van der Waals surface area (Å²) in [5, 5.41) is 1.78. The van der Waals surface area contributed by atoms with Gasteiger partial charge in [0.05, 0.1) is 16.1 Å². The highest BCUT2D eigenvalue weighted by atomic mass is 35.5. The second-order valence-corrected chi connectivity index (χ2v) is 7.71. The lowest BCUT2D eigenvalue weighted by Crippen LogP contribution is -2.20. The Morgan fingerprint density at radius 3 is 2.52 bits per heavy atom. The Labute approximate surface area is 156 Å². The molecule has 146 valence electrons. The molecule has 1 N–H and O–H groups in total. The number of nitrogens with zero attached hydrogens (tertiary/aromatic N) is 1. The van der Waals surface area contributed by atoms with Crippen LogP contribution in [0.15, 0.2) is 35.4 Å². The van der Waals surface area contributed by atoms with Gasteiger partial charge in [0.25, 0.3) is 5.91 Å². The van der Waals surface area contributed by atoms with Crippen molar-refractivity contribution in [2.75, 3.05) is 18.2 Å². The zero-order valence-electron chi connectivity index (χ0n) is 13.5. The molecule has 0 spiro atoms. The normalized spacial score (nSPS) is 11.9. The van der Waals surface area contributed by atoms with Crippen LogP contribution in [0.3, 0.4) is 0 Å². The molecule has 2 aromatic rings. The van der Waals surface area contributed by atoms with Crippen molar-refractivity contribution in [3.8, 4) is 5.88 Å². The highest BCUT2D eigenvalue weighted by Crippen LogP contribution is 2.26. The topological polar surface area (TPSA) is 85.4 Å². The molecule has 6 nitrogen and oxygen atoms in total. The first-order chi connectivity index (χ1) is 12.4. The number of carbonyl (C=O) groups is 1. The van der Waals surface area contributed by atoms with Gasteiger partial charge in [-0.15, -0.1) is 0 Å². The molecule has 1 amide bonds. The predicted octanol–water partition coefficient (Wildman–Crippen LogP) is 3.47. The van der Waals surface area contributed by atoms with E-state index in [-0.39, 0.29) is 15.5 Å². The Morgan fingerprint density at radius 1 is 1.30 bits per heavy atom. The average Bonchev–Trinajstić information content (AvgIpc) is 2.53. The third kappa shape index (κ3) is 5.79. The van der Waals surface area contributed by atoms with Gasteiger partial charge in [-0.05, 0) is 24.3 Å². The van der Waals surface area contributed by atoms with Crippen molar-refractivity contribution < 1.29 is 35.5 Å². The maximum absolute atomic E-state index is 13.8. The molecule has 0 aliphatic rings. The quantitative estimate of drug-likeness (QED) is 0.584. The third-order valence-electron chi connectivity index (χ3n) is 3.06. The molecular formula is C15H11ClF4N2O4S. The molecule has 0 bridgehead atoms. The Balaban J connectivity index is 2.21. The number of sulfone groups is 1. The number of alkyl halides is 3. The number of hydrogen-bond donors (Lipinski definition) is 1. The summed E-state index contributed by atoms with van der Waals surface area (Å²) in [5.41, 5.74) is -0.611. The predicted molar refractivity (Wildman–Crippen MR) is 88.3 cm³/mol. The Kier molecular flexibility index (Phi) is 5.95. The summed E-state index contributed by atoms with van der Waals surface area (Å²) in [6.45, 7) is -1.62. The number of carbonyl (C=O) groups excluding carboxylic acids is 1. The molecule has 0 saturated heterocycles. The number of aromatic nitrogens is 1. The highest BCUT2D eigenvalue weighted by Gasteiger charge is 2.29. The number of benzene rings is 1. The summed E-state index contributed by atoms with van der Waals surface area (Å²) in [6, 6.07) is 3.81. The number of amides is 1. The van der Waals surface area contributed by atoms with Gasteiger partial charge in [-0.3, -0.25) is 4.79 Å². The van der Waals surface area contributed by atoms with Crippen LogP contribution < -0.4 is 10.1 Å². The van der Waals surface area contributed by atoms with Crippen LogP contribution in [0.5, 0.6) is 5.88 Å². The fourth-order valence-corrected chi connectivity index (χ4v) is 2.70. The minimum absolute atomic E-state index is 0.205. The average molecular weight is 427 g/mol. The molecule has 0 radical (unpaired) electrons.